The van der Waals surface area contributed by atoms with E-state index < -0.39 is 0 Å². The van der Waals surface area contributed by atoms with Crippen molar-refractivity contribution in [1.29, 1.82) is 0 Å². The van der Waals surface area contributed by atoms with Crippen molar-refractivity contribution in [1.82, 2.24) is 10.6 Å². The summed E-state index contributed by atoms with van der Waals surface area (Å²) in [7, 11) is 0. The van der Waals surface area contributed by atoms with E-state index in [1.165, 1.54) is 0 Å². The minimum atomic E-state index is -0.256. The van der Waals surface area contributed by atoms with E-state index >= 15 is 0 Å². The fourth-order valence-electron chi connectivity index (χ4n) is 0.689. The molecule has 3 N–H and O–H groups in total. The average Bonchev–Trinajstić information content (AvgIpc) is 2.00. The Kier molecular flexibility index (Phi) is 4.77. The van der Waals surface area contributed by atoms with Crippen molar-refractivity contribution >= 4 is 6.03 Å². The highest BCUT2D eigenvalue weighted by atomic mass is 16.3. The number of hydrogen-bond donors (Lipinski definition) is 3. The summed E-state index contributed by atoms with van der Waals surface area (Å²) in [6.45, 7) is 8.12. The van der Waals surface area contributed by atoms with E-state index in [0.29, 0.717) is 6.54 Å². The molecule has 0 aromatic rings. The smallest absolute Gasteiger partial charge is 0.315 e. The average molecular weight is 188 g/mol. The van der Waals surface area contributed by atoms with Crippen molar-refractivity contribution in [3.63, 3.8) is 0 Å². The van der Waals surface area contributed by atoms with Gasteiger partial charge < -0.3 is 15.7 Å². The second-order valence-corrected chi connectivity index (χ2v) is 4.30. The SMILES string of the molecule is CC(C)NC(=O)NCC(C)(C)CO. The van der Waals surface area contributed by atoms with E-state index in [2.05, 4.69) is 10.6 Å². The zero-order valence-corrected chi connectivity index (χ0v) is 8.85. The summed E-state index contributed by atoms with van der Waals surface area (Å²) >= 11 is 0. The van der Waals surface area contributed by atoms with Gasteiger partial charge in [-0.3, -0.25) is 0 Å². The Bertz CT molecular complexity index is 167. The Morgan fingerprint density at radius 2 is 2.00 bits per heavy atom. The van der Waals surface area contributed by atoms with Crippen LogP contribution in [0.15, 0.2) is 0 Å². The summed E-state index contributed by atoms with van der Waals surface area (Å²) in [6.07, 6.45) is 0. The third kappa shape index (κ3) is 6.40. The van der Waals surface area contributed by atoms with Crippen LogP contribution >= 0.6 is 0 Å². The lowest BCUT2D eigenvalue weighted by Crippen LogP contribution is -2.44. The predicted molar refractivity (Wildman–Crippen MR) is 52.5 cm³/mol. The van der Waals surface area contributed by atoms with Gasteiger partial charge in [0.05, 0.1) is 0 Å². The second kappa shape index (κ2) is 5.07. The maximum atomic E-state index is 11.1. The van der Waals surface area contributed by atoms with Gasteiger partial charge in [0.25, 0.3) is 0 Å². The van der Waals surface area contributed by atoms with Crippen LogP contribution in [0.5, 0.6) is 0 Å². The molecule has 0 rings (SSSR count). The molecular formula is C9H20N2O2. The minimum absolute atomic E-state index is 0.0644. The zero-order valence-electron chi connectivity index (χ0n) is 8.85. The van der Waals surface area contributed by atoms with E-state index in [9.17, 15) is 4.79 Å². The molecule has 0 saturated heterocycles. The molecule has 0 spiro atoms. The Hall–Kier alpha value is -0.770. The first kappa shape index (κ1) is 12.2. The number of carbonyl (C=O) groups excluding carboxylic acids is 1. The quantitative estimate of drug-likeness (QED) is 0.608. The Labute approximate surface area is 79.7 Å². The molecule has 4 heteroatoms. The molecule has 0 unspecified atom stereocenters. The number of carbonyl (C=O) groups is 1. The molecule has 0 aromatic heterocycles. The summed E-state index contributed by atoms with van der Waals surface area (Å²) in [5.74, 6) is 0. The Morgan fingerprint density at radius 1 is 1.46 bits per heavy atom. The zero-order chi connectivity index (χ0) is 10.5. The molecule has 0 fully saturated rings. The van der Waals surface area contributed by atoms with Crippen molar-refractivity contribution < 1.29 is 9.90 Å². The molecule has 0 heterocycles. The molecule has 0 saturated carbocycles. The lowest BCUT2D eigenvalue weighted by atomic mass is 9.95. The summed E-state index contributed by atoms with van der Waals surface area (Å²) in [5, 5.41) is 14.3. The van der Waals surface area contributed by atoms with Gasteiger partial charge in [0.15, 0.2) is 0 Å². The van der Waals surface area contributed by atoms with E-state index in [1.54, 1.807) is 0 Å². The van der Waals surface area contributed by atoms with Gasteiger partial charge in [-0.2, -0.15) is 0 Å². The van der Waals surface area contributed by atoms with Gasteiger partial charge in [0.1, 0.15) is 0 Å². The number of amides is 2. The highest BCUT2D eigenvalue weighted by Crippen LogP contribution is 2.10. The first-order valence-electron chi connectivity index (χ1n) is 4.52. The first-order chi connectivity index (χ1) is 5.87. The maximum absolute atomic E-state index is 11.1. The lowest BCUT2D eigenvalue weighted by Gasteiger charge is -2.22. The van der Waals surface area contributed by atoms with Crippen LogP contribution in [0.2, 0.25) is 0 Å². The van der Waals surface area contributed by atoms with Crippen LogP contribution in [0, 0.1) is 5.41 Å². The van der Waals surface area contributed by atoms with Crippen LogP contribution in [0.25, 0.3) is 0 Å². The van der Waals surface area contributed by atoms with Gasteiger partial charge >= 0.3 is 6.03 Å². The number of rotatable bonds is 4. The Morgan fingerprint density at radius 3 is 2.38 bits per heavy atom. The third-order valence-corrected chi connectivity index (χ3v) is 1.58. The number of aliphatic hydroxyl groups is 1. The topological polar surface area (TPSA) is 61.4 Å². The van der Waals surface area contributed by atoms with Crippen LogP contribution in [0.3, 0.4) is 0 Å². The second-order valence-electron chi connectivity index (χ2n) is 4.30. The molecule has 0 radical (unpaired) electrons. The van der Waals surface area contributed by atoms with Crippen molar-refractivity contribution in [2.24, 2.45) is 5.41 Å². The van der Waals surface area contributed by atoms with Crippen molar-refractivity contribution in [2.75, 3.05) is 13.2 Å². The van der Waals surface area contributed by atoms with Crippen molar-refractivity contribution in [3.05, 3.63) is 0 Å². The fraction of sp³-hybridized carbons (Fsp3) is 0.889. The number of hydrogen-bond acceptors (Lipinski definition) is 2. The number of urea groups is 1. The third-order valence-electron chi connectivity index (χ3n) is 1.58. The largest absolute Gasteiger partial charge is 0.396 e. The number of nitrogens with one attached hydrogen (secondary N) is 2. The van der Waals surface area contributed by atoms with Gasteiger partial charge in [-0.25, -0.2) is 4.79 Å². The number of aliphatic hydroxyl groups excluding tert-OH is 1. The molecule has 0 bridgehead atoms. The molecule has 13 heavy (non-hydrogen) atoms. The van der Waals surface area contributed by atoms with Gasteiger partial charge in [-0.15, -0.1) is 0 Å². The summed E-state index contributed by atoms with van der Waals surface area (Å²) in [4.78, 5) is 11.1. The molecule has 2 amide bonds. The predicted octanol–water partition coefficient (Wildman–Crippen LogP) is 0.712. The van der Waals surface area contributed by atoms with Crippen LogP contribution in [0.1, 0.15) is 27.7 Å². The molecule has 0 aliphatic carbocycles. The molecule has 0 atom stereocenters. The Balaban J connectivity index is 3.70. The van der Waals surface area contributed by atoms with E-state index in [1.807, 2.05) is 27.7 Å². The minimum Gasteiger partial charge on any atom is -0.396 e. The van der Waals surface area contributed by atoms with E-state index in [-0.39, 0.29) is 24.1 Å². The van der Waals surface area contributed by atoms with E-state index in [4.69, 9.17) is 5.11 Å². The summed E-state index contributed by atoms with van der Waals surface area (Å²) in [6, 6.07) is -0.0474. The van der Waals surface area contributed by atoms with Gasteiger partial charge in [0, 0.05) is 24.6 Å². The van der Waals surface area contributed by atoms with Crippen LogP contribution in [-0.2, 0) is 0 Å². The monoisotopic (exact) mass is 188 g/mol. The standard InChI is InChI=1S/C9H20N2O2/c1-7(2)11-8(13)10-5-9(3,4)6-12/h7,12H,5-6H2,1-4H3,(H2,10,11,13). The highest BCUT2D eigenvalue weighted by Gasteiger charge is 2.17. The van der Waals surface area contributed by atoms with Gasteiger partial charge in [-0.1, -0.05) is 13.8 Å². The summed E-state index contributed by atoms with van der Waals surface area (Å²) < 4.78 is 0. The van der Waals surface area contributed by atoms with Gasteiger partial charge in [0.2, 0.25) is 0 Å². The van der Waals surface area contributed by atoms with Gasteiger partial charge in [-0.05, 0) is 13.8 Å². The fourth-order valence-corrected chi connectivity index (χ4v) is 0.689. The maximum Gasteiger partial charge on any atom is 0.315 e. The molecule has 0 aliphatic rings. The summed E-state index contributed by atoms with van der Waals surface area (Å²) in [5.41, 5.74) is -0.256. The molecule has 0 aromatic carbocycles. The van der Waals surface area contributed by atoms with Crippen molar-refractivity contribution in [2.45, 2.75) is 33.7 Å². The molecular weight excluding hydrogens is 168 g/mol. The van der Waals surface area contributed by atoms with Crippen LogP contribution in [-0.4, -0.2) is 30.3 Å². The lowest BCUT2D eigenvalue weighted by molar-refractivity contribution is 0.157. The normalized spacial score (nSPS) is 11.5. The first-order valence-corrected chi connectivity index (χ1v) is 4.52. The highest BCUT2D eigenvalue weighted by molar-refractivity contribution is 5.74. The molecule has 0 aliphatic heterocycles. The van der Waals surface area contributed by atoms with Crippen LogP contribution < -0.4 is 10.6 Å². The van der Waals surface area contributed by atoms with Crippen molar-refractivity contribution in [3.8, 4) is 0 Å². The molecule has 4 nitrogen and oxygen atoms in total. The molecule has 78 valence electrons. The van der Waals surface area contributed by atoms with E-state index in [0.717, 1.165) is 0 Å². The van der Waals surface area contributed by atoms with Crippen LogP contribution in [0.4, 0.5) is 4.79 Å².